The van der Waals surface area contributed by atoms with Gasteiger partial charge in [0, 0.05) is 66.6 Å². The molecule has 4 heterocycles. The van der Waals surface area contributed by atoms with Gasteiger partial charge in [0.2, 0.25) is 0 Å². The van der Waals surface area contributed by atoms with Crippen molar-refractivity contribution in [3.63, 3.8) is 0 Å². The lowest BCUT2D eigenvalue weighted by Gasteiger charge is -2.25. The topological polar surface area (TPSA) is 138 Å². The van der Waals surface area contributed by atoms with Gasteiger partial charge in [-0.2, -0.15) is 21.0 Å². The highest BCUT2D eigenvalue weighted by Crippen LogP contribution is 2.49. The van der Waals surface area contributed by atoms with Crippen LogP contribution in [0, 0.1) is 45.3 Å². The molecule has 378 valence electrons. The van der Waals surface area contributed by atoms with Crippen LogP contribution in [0.1, 0.15) is 40.5 Å². The molecule has 0 amide bonds. The molecule has 0 fully saturated rings. The van der Waals surface area contributed by atoms with Crippen LogP contribution in [0.25, 0.3) is 100 Å². The average molecular weight is 1040 g/mol. The van der Waals surface area contributed by atoms with E-state index in [9.17, 15) is 21.0 Å². The third kappa shape index (κ3) is 7.16. The number of rotatable bonds is 10. The maximum absolute atomic E-state index is 11.7. The Morgan fingerprint density at radius 2 is 0.802 bits per heavy atom. The molecule has 4 aromatic heterocycles. The molecule has 0 atom stereocenters. The quantitative estimate of drug-likeness (QED) is 0.132. The van der Waals surface area contributed by atoms with E-state index >= 15 is 0 Å². The summed E-state index contributed by atoms with van der Waals surface area (Å²) in [5.41, 5.74) is 10.4. The number of hydrogen-bond acceptors (Lipinski definition) is 8. The molecule has 0 N–H and O–H groups in total. The Balaban J connectivity index is 1.09. The van der Waals surface area contributed by atoms with Crippen molar-refractivity contribution >= 4 is 123 Å². The number of benzene rings is 10. The number of fused-ring (bicyclic) bond motifs is 12. The van der Waals surface area contributed by atoms with Crippen LogP contribution in [0.3, 0.4) is 0 Å². The number of nitrogens with zero attached hydrogens (tertiary/aromatic N) is 8. The minimum Gasteiger partial charge on any atom is -0.455 e. The molecule has 0 aliphatic rings. The van der Waals surface area contributed by atoms with Crippen molar-refractivity contribution in [2.45, 2.75) is 6.92 Å². The Labute approximate surface area is 464 Å². The minimum atomic E-state index is -0.0854. The van der Waals surface area contributed by atoms with Crippen molar-refractivity contribution < 1.29 is 8.83 Å². The van der Waals surface area contributed by atoms with Crippen molar-refractivity contribution in [3.05, 3.63) is 252 Å². The van der Waals surface area contributed by atoms with E-state index < -0.39 is 0 Å². The summed E-state index contributed by atoms with van der Waals surface area (Å²) in [5, 5.41) is 52.5. The molecule has 10 heteroatoms. The zero-order valence-corrected chi connectivity index (χ0v) is 43.5. The fraction of sp³-hybridized carbons (Fsp3) is 0.0141. The molecule has 0 aliphatic heterocycles. The fourth-order valence-electron chi connectivity index (χ4n) is 12.0. The Hall–Kier alpha value is -11.8. The van der Waals surface area contributed by atoms with Gasteiger partial charge in [-0.1, -0.05) is 110 Å². The summed E-state index contributed by atoms with van der Waals surface area (Å²) in [7, 11) is 0. The van der Waals surface area contributed by atoms with Gasteiger partial charge >= 0.3 is 0 Å². The number of hydrogen-bond donors (Lipinski definition) is 0. The van der Waals surface area contributed by atoms with Crippen LogP contribution in [0.5, 0.6) is 0 Å². The highest BCUT2D eigenvalue weighted by atomic mass is 16.3. The van der Waals surface area contributed by atoms with Crippen molar-refractivity contribution in [1.29, 1.82) is 21.0 Å². The third-order valence-corrected chi connectivity index (χ3v) is 15.3. The first-order chi connectivity index (χ1) is 40.0. The van der Waals surface area contributed by atoms with Gasteiger partial charge in [0.05, 0.1) is 66.5 Å². The first-order valence-electron chi connectivity index (χ1n) is 26.3. The van der Waals surface area contributed by atoms with Crippen LogP contribution in [-0.4, -0.2) is 9.13 Å². The molecule has 0 bridgehead atoms. The maximum Gasteiger partial charge on any atom is 0.145 e. The zero-order chi connectivity index (χ0) is 54.9. The summed E-state index contributed by atoms with van der Waals surface area (Å²) in [6, 6.07) is 77.9. The molecule has 10 nitrogen and oxygen atoms in total. The zero-order valence-electron chi connectivity index (χ0n) is 43.5. The summed E-state index contributed by atoms with van der Waals surface area (Å²) in [5.74, 6) is 0.617. The van der Waals surface area contributed by atoms with E-state index in [1.165, 1.54) is 0 Å². The minimum absolute atomic E-state index is 0.0832. The monoisotopic (exact) mass is 1040 g/mol. The lowest BCUT2D eigenvalue weighted by Crippen LogP contribution is -2.12. The molecule has 0 unspecified atom stereocenters. The molecule has 0 spiro atoms. The SMILES string of the molecule is C=Cc1c(/C=C\C)oc2c1ccc1c2c2cc(N(c3ccccc3)c3ccccc3)ccc2n1-c1c(C#N)c(C#N)c(-n2c3ccc(N(c4ccccc4)c4ccccc4)cc3c3c4oc5ccccc5c4ccc32)c(C#N)c1C#N. The summed E-state index contributed by atoms with van der Waals surface area (Å²) in [6.07, 6.45) is 5.59. The van der Waals surface area contributed by atoms with Crippen LogP contribution in [0.15, 0.2) is 228 Å². The van der Waals surface area contributed by atoms with Gasteiger partial charge in [0.25, 0.3) is 0 Å². The van der Waals surface area contributed by atoms with Crippen LogP contribution in [-0.2, 0) is 0 Å². The van der Waals surface area contributed by atoms with Crippen LogP contribution >= 0.6 is 0 Å². The Morgan fingerprint density at radius 3 is 1.22 bits per heavy atom. The number of anilines is 6. The van der Waals surface area contributed by atoms with E-state index in [-0.39, 0.29) is 33.6 Å². The standard InChI is InChI=1S/C71H42N8O2/c1-3-19-64-50(4-2)52-32-36-62-66(70(52)80-64)54-38-48(76(44-20-9-5-10-21-44)45-22-11-6-12-23-45)30-34-60(54)78(62)68-56(40-72)58(42-74)69(59(43-75)57(68)41-73)79-61-35-31-49(77(46-24-13-7-14-25-46)47-26-15-8-16-27-47)39-55(61)67-63(79)37-33-53-51-28-17-18-29-65(51)81-71(53)67/h3-39H,2H2,1H3/b19-3-. The second-order valence-electron chi connectivity index (χ2n) is 19.6. The highest BCUT2D eigenvalue weighted by Gasteiger charge is 2.33. The lowest BCUT2D eigenvalue weighted by molar-refractivity contribution is 0.606. The van der Waals surface area contributed by atoms with Crippen molar-refractivity contribution in [2.75, 3.05) is 9.80 Å². The normalized spacial score (nSPS) is 11.5. The molecule has 14 aromatic rings. The van der Waals surface area contributed by atoms with Crippen LogP contribution in [0.4, 0.5) is 34.1 Å². The number of nitriles is 4. The highest BCUT2D eigenvalue weighted by molar-refractivity contribution is 6.25. The summed E-state index contributed by atoms with van der Waals surface area (Å²) in [6.45, 7) is 6.08. The van der Waals surface area contributed by atoms with Crippen molar-refractivity contribution in [3.8, 4) is 35.7 Å². The number of furan rings is 2. The van der Waals surface area contributed by atoms with Crippen molar-refractivity contribution in [1.82, 2.24) is 9.13 Å². The fourth-order valence-corrected chi connectivity index (χ4v) is 12.0. The van der Waals surface area contributed by atoms with Gasteiger partial charge in [-0.05, 0) is 128 Å². The molecule has 0 saturated carbocycles. The van der Waals surface area contributed by atoms with Crippen molar-refractivity contribution in [2.24, 2.45) is 0 Å². The smallest absolute Gasteiger partial charge is 0.145 e. The lowest BCUT2D eigenvalue weighted by atomic mass is 9.93. The van der Waals surface area contributed by atoms with Gasteiger partial charge < -0.3 is 27.8 Å². The maximum atomic E-state index is 11.7. The predicted octanol–water partition coefficient (Wildman–Crippen LogP) is 18.6. The van der Waals surface area contributed by atoms with Gasteiger partial charge in [-0.3, -0.25) is 0 Å². The second-order valence-corrected chi connectivity index (χ2v) is 19.6. The Bertz CT molecular complexity index is 5000. The van der Waals surface area contributed by atoms with E-state index in [1.807, 2.05) is 174 Å². The molecule has 0 radical (unpaired) electrons. The van der Waals surface area contributed by atoms with E-state index in [4.69, 9.17) is 8.83 Å². The summed E-state index contributed by atoms with van der Waals surface area (Å²) in [4.78, 5) is 4.34. The van der Waals surface area contributed by atoms with Gasteiger partial charge in [-0.25, -0.2) is 0 Å². The molecular formula is C71H42N8O2. The summed E-state index contributed by atoms with van der Waals surface area (Å²) >= 11 is 0. The Morgan fingerprint density at radius 1 is 0.407 bits per heavy atom. The molecular weight excluding hydrogens is 997 g/mol. The van der Waals surface area contributed by atoms with Gasteiger partial charge in [0.1, 0.15) is 46.8 Å². The first kappa shape index (κ1) is 47.6. The number of aromatic nitrogens is 2. The molecule has 14 rings (SSSR count). The number of para-hydroxylation sites is 5. The van der Waals surface area contributed by atoms with Crippen LogP contribution < -0.4 is 9.80 Å². The van der Waals surface area contributed by atoms with Crippen LogP contribution in [0.2, 0.25) is 0 Å². The predicted molar refractivity (Wildman–Crippen MR) is 325 cm³/mol. The van der Waals surface area contributed by atoms with E-state index in [1.54, 1.807) is 6.08 Å². The molecule has 81 heavy (non-hydrogen) atoms. The first-order valence-corrected chi connectivity index (χ1v) is 26.3. The third-order valence-electron chi connectivity index (χ3n) is 15.3. The van der Waals surface area contributed by atoms with E-state index in [0.717, 1.165) is 72.0 Å². The molecule has 10 aromatic carbocycles. The van der Waals surface area contributed by atoms with Gasteiger partial charge in [-0.15, -0.1) is 0 Å². The molecule has 0 aliphatic carbocycles. The van der Waals surface area contributed by atoms with E-state index in [2.05, 4.69) is 101 Å². The number of allylic oxidation sites excluding steroid dienone is 1. The second kappa shape index (κ2) is 19.0. The Kier molecular flexibility index (Phi) is 11.2. The van der Waals surface area contributed by atoms with Gasteiger partial charge in [0.15, 0.2) is 0 Å². The van der Waals surface area contributed by atoms with E-state index in [0.29, 0.717) is 50.0 Å². The largest absolute Gasteiger partial charge is 0.455 e. The average Bonchev–Trinajstić information content (AvgIpc) is 2.38. The summed E-state index contributed by atoms with van der Waals surface area (Å²) < 4.78 is 17.3. The molecule has 0 saturated heterocycles.